The van der Waals surface area contributed by atoms with Crippen molar-refractivity contribution >= 4 is 64.8 Å². The number of phenolic OH excluding ortho intramolecular Hbond substituents is 3. The number of hydrogen-bond acceptors (Lipinski definition) is 30. The molecule has 0 spiro atoms. The van der Waals surface area contributed by atoms with Gasteiger partial charge in [0, 0.05) is 47.7 Å². The Morgan fingerprint density at radius 3 is 1.95 bits per heavy atom. The van der Waals surface area contributed by atoms with E-state index in [1.807, 2.05) is 38.1 Å². The molecule has 8 heterocycles. The molecule has 0 radical (unpaired) electrons. The maximum absolute atomic E-state index is 16.6. The molecule has 129 heavy (non-hydrogen) atoms. The summed E-state index contributed by atoms with van der Waals surface area (Å²) < 4.78 is 52.9. The van der Waals surface area contributed by atoms with Gasteiger partial charge in [-0.05, 0) is 167 Å². The molecule has 3 saturated heterocycles. The molecule has 6 aromatic rings. The number of primary amides is 1. The molecule has 0 aliphatic carbocycles. The number of carbonyl (C=O) groups is 9. The second kappa shape index (κ2) is 41.4. The first kappa shape index (κ1) is 97.1. The number of aliphatic carboxylic acids is 1. The number of nitrogens with two attached hydrogens (primary N) is 3. The molecule has 14 rings (SSSR count). The highest BCUT2D eigenvalue weighted by Crippen LogP contribution is 2.50. The number of unbranched alkanes of at least 4 members (excludes halogenated alkanes) is 1. The Labute approximate surface area is 747 Å². The molecular weight excluding hydrogens is 1700 g/mol. The van der Waals surface area contributed by atoms with Crippen molar-refractivity contribution in [1.82, 2.24) is 47.9 Å². The van der Waals surface area contributed by atoms with Crippen LogP contribution in [0.2, 0.25) is 5.02 Å². The number of carboxylic acid groups (broad SMARTS) is 1. The number of benzene rings is 6. The van der Waals surface area contributed by atoms with Gasteiger partial charge in [0.25, 0.3) is 0 Å². The van der Waals surface area contributed by atoms with Crippen molar-refractivity contribution in [3.05, 3.63) is 153 Å². The minimum Gasteiger partial charge on any atom is -0.508 e. The van der Waals surface area contributed by atoms with Crippen LogP contribution in [0, 0.1) is 5.92 Å². The van der Waals surface area contributed by atoms with Gasteiger partial charge in [0.2, 0.25) is 59.3 Å². The summed E-state index contributed by atoms with van der Waals surface area (Å²) in [5.41, 5.74) is 14.8. The van der Waals surface area contributed by atoms with Crippen molar-refractivity contribution < 1.29 is 132 Å². The van der Waals surface area contributed by atoms with Gasteiger partial charge in [0.15, 0.2) is 36.2 Å². The number of amides is 8. The number of phenols is 3. The summed E-state index contributed by atoms with van der Waals surface area (Å²) in [4.78, 5) is 136. The normalized spacial score (nSPS) is 29.4. The fraction of sp³-hybridized carbons (Fsp3) is 0.494. The van der Waals surface area contributed by atoms with Crippen molar-refractivity contribution in [3.8, 4) is 57.1 Å². The SMILES string of the molecule is CCCCc1ccc(CN[C@@H](CCCN)C(=O)N[C@@]2(C)C[C@H](O[C@H]3[C@H](Oc4c5cc6cc4Oc4ccc(cc4Cl)[C@@H](O)[C@@H](NC(=O)[C@@H](CC(C)C)NC)C(=O)N[C@@H](CC(N)=O)C(=O)N[C@H]6C(=O)N[C@H]4C(=O)N[C@H](C(=O)N[C@H](C(=O)O)c6cc(O)cc(O)c6-c6cc4ccc6O)[C@H](O[C@H]4C[C@](C)(N)[C@@H](O)[C@H](C)O4)c4ccc(cc4)O5)O[C@H](CO)[C@@H](O)[C@@H]3O)O[C@@H](C)[C@@H]2O)cc1. The van der Waals surface area contributed by atoms with Crippen molar-refractivity contribution in [3.63, 3.8) is 0 Å². The highest BCUT2D eigenvalue weighted by atomic mass is 35.5. The molecule has 0 saturated carbocycles. The largest absolute Gasteiger partial charge is 0.508 e. The van der Waals surface area contributed by atoms with Crippen LogP contribution >= 0.6 is 11.6 Å². The fourth-order valence-corrected chi connectivity index (χ4v) is 17.0. The predicted octanol–water partition coefficient (Wildman–Crippen LogP) is 2.09. The smallest absolute Gasteiger partial charge is 0.330 e. The summed E-state index contributed by atoms with van der Waals surface area (Å²) in [5.74, 6) is -16.4. The van der Waals surface area contributed by atoms with Crippen LogP contribution in [0.15, 0.2) is 109 Å². The number of rotatable bonds is 26. The number of aliphatic hydroxyl groups excluding tert-OH is 6. The van der Waals surface area contributed by atoms with Gasteiger partial charge in [-0.25, -0.2) is 4.79 Å². The first-order valence-electron chi connectivity index (χ1n) is 42.6. The molecule has 0 aromatic heterocycles. The average molecular weight is 1820 g/mol. The average Bonchev–Trinajstić information content (AvgIpc) is 0.773. The third-order valence-corrected chi connectivity index (χ3v) is 24.1. The molecule has 3 fully saturated rings. The lowest BCUT2D eigenvalue weighted by atomic mass is 9.84. The summed E-state index contributed by atoms with van der Waals surface area (Å²) in [7, 11) is 1.47. The molecule has 23 atom stereocenters. The van der Waals surface area contributed by atoms with E-state index < -0.39 is 262 Å². The number of fused-ring (bicyclic) bond motifs is 15. The molecule has 698 valence electrons. The van der Waals surface area contributed by atoms with E-state index in [1.54, 1.807) is 6.92 Å². The Kier molecular flexibility index (Phi) is 31.2. The lowest BCUT2D eigenvalue weighted by Crippen LogP contribution is -2.67. The summed E-state index contributed by atoms with van der Waals surface area (Å²) >= 11 is 7.24. The lowest BCUT2D eigenvalue weighted by Gasteiger charge is -2.48. The van der Waals surface area contributed by atoms with Gasteiger partial charge in [0.1, 0.15) is 95.6 Å². The second-order valence-electron chi connectivity index (χ2n) is 34.3. The van der Waals surface area contributed by atoms with Gasteiger partial charge < -0.3 is 154 Å². The Bertz CT molecular complexity index is 5090. The van der Waals surface area contributed by atoms with E-state index >= 15 is 24.0 Å². The molecule has 0 unspecified atom stereocenters. The standard InChI is InChI=1S/C89H113ClN12O27/c1-9-10-12-42-14-16-43(17-15-42)37-95-53(13-11-26-91)81(115)102-89(7)36-64(123-41(5)78(89)112)128-76-73(110)72(109)61(38-103)126-87(76)129-75-59-30-47-31-60(75)125-58-25-21-46(29-52(58)90)71(108)69(100-79(113)54(94-8)27-39(2)3)84(118)96-55(34-62(92)107)80(114)97-67(47)83(117)98-66-45-20-24-56(105)50(28-45)65-51(32-48(104)33-57(65)106)68(86(120)121)99-85(119)70(101-82(66)116)74(44-18-22-49(124-59)23-19-44)127-63-35-88(6,93)77(111)40(4)122-63/h14-25,28-33,39-41,53-55,61,63-64,66-74,76-78,87,94-95,103-106,108-112H,9-13,26-27,34-38,91,93H2,1-8H3,(H2,92,107)(H,96,118)(H,97,114)(H,98,117)(H,99,119)(H,100,113)(H,101,116)(H,102,115)(H,120,121)/t40-,41-,53-,54+,55-,61+,63-,64-,66+,67+,68-,69+,70-,71+,72+,73-,74+,76+,77-,78-,87-,88-,89-/m0/s1. The van der Waals surface area contributed by atoms with Crippen molar-refractivity contribution in [2.24, 2.45) is 23.1 Å². The second-order valence-corrected chi connectivity index (χ2v) is 34.7. The maximum atomic E-state index is 16.6. The quantitative estimate of drug-likeness (QED) is 0.0370. The lowest BCUT2D eigenvalue weighted by molar-refractivity contribution is -0.334. The van der Waals surface area contributed by atoms with E-state index in [2.05, 4.69) is 54.8 Å². The van der Waals surface area contributed by atoms with E-state index in [-0.39, 0.29) is 77.9 Å². The number of likely N-dealkylation sites (N-methyl/N-ethyl adjacent to an activating group) is 1. The number of carbonyl (C=O) groups excluding carboxylic acids is 8. The van der Waals surface area contributed by atoms with E-state index in [4.69, 9.17) is 66.7 Å². The summed E-state index contributed by atoms with van der Waals surface area (Å²) in [6.45, 7) is 11.3. The first-order chi connectivity index (χ1) is 61.2. The molecule has 39 nitrogen and oxygen atoms in total. The van der Waals surface area contributed by atoms with Gasteiger partial charge in [0.05, 0.1) is 54.0 Å². The predicted molar refractivity (Wildman–Crippen MR) is 459 cm³/mol. The number of halogens is 1. The van der Waals surface area contributed by atoms with Crippen LogP contribution in [0.1, 0.15) is 169 Å². The number of carboxylic acids is 1. The van der Waals surface area contributed by atoms with Gasteiger partial charge in [-0.15, -0.1) is 0 Å². The highest BCUT2D eigenvalue weighted by molar-refractivity contribution is 6.32. The monoisotopic (exact) mass is 1820 g/mol. The van der Waals surface area contributed by atoms with Gasteiger partial charge in [-0.2, -0.15) is 0 Å². The third kappa shape index (κ3) is 22.4. The summed E-state index contributed by atoms with van der Waals surface area (Å²) in [5, 5.41) is 141. The van der Waals surface area contributed by atoms with Crippen LogP contribution in [0.5, 0.6) is 46.0 Å². The molecular formula is C89H113ClN12O27. The molecule has 6 aromatic carbocycles. The number of aliphatic hydroxyl groups is 6. The molecule has 25 N–H and O–H groups in total. The number of aromatic hydroxyl groups is 3. The molecule has 8 aliphatic heterocycles. The summed E-state index contributed by atoms with van der Waals surface area (Å²) in [6, 6.07) is 8.40. The van der Waals surface area contributed by atoms with Crippen LogP contribution in [-0.4, -0.2) is 233 Å². The third-order valence-electron chi connectivity index (χ3n) is 23.8. The zero-order chi connectivity index (χ0) is 93.5. The Morgan fingerprint density at radius 1 is 0.667 bits per heavy atom. The topological polar surface area (TPSA) is 616 Å². The number of nitrogens with one attached hydrogen (secondary N) is 9. The van der Waals surface area contributed by atoms with Gasteiger partial charge >= 0.3 is 5.97 Å². The Balaban J connectivity index is 1.05. The molecule has 8 aliphatic rings. The van der Waals surface area contributed by atoms with Crippen LogP contribution in [0.25, 0.3) is 11.1 Å². The Hall–Kier alpha value is -11.0. The zero-order valence-corrected chi connectivity index (χ0v) is 72.9. The first-order valence-corrected chi connectivity index (χ1v) is 43.0. The number of hydrogen-bond donors (Lipinski definition) is 22. The van der Waals surface area contributed by atoms with Crippen LogP contribution in [-0.2, 0) is 79.8 Å². The van der Waals surface area contributed by atoms with Crippen molar-refractivity contribution in [1.29, 1.82) is 0 Å². The van der Waals surface area contributed by atoms with Crippen LogP contribution < -0.4 is 79.3 Å². The van der Waals surface area contributed by atoms with E-state index in [1.165, 1.54) is 64.2 Å². The minimum atomic E-state index is -2.39. The zero-order valence-electron chi connectivity index (χ0n) is 72.1. The molecule has 11 bridgehead atoms. The van der Waals surface area contributed by atoms with E-state index in [0.717, 1.165) is 78.9 Å². The maximum Gasteiger partial charge on any atom is 0.330 e. The fourth-order valence-electron chi connectivity index (χ4n) is 16.8. The summed E-state index contributed by atoms with van der Waals surface area (Å²) in [6.07, 6.45) is -20.1. The Morgan fingerprint density at radius 2 is 1.31 bits per heavy atom. The highest BCUT2D eigenvalue weighted by Gasteiger charge is 2.54. The van der Waals surface area contributed by atoms with Crippen molar-refractivity contribution in [2.45, 2.75) is 252 Å². The molecule has 40 heteroatoms. The number of ether oxygens (including phenoxy) is 8. The van der Waals surface area contributed by atoms with Gasteiger partial charge in [-0.1, -0.05) is 87.3 Å². The van der Waals surface area contributed by atoms with Crippen LogP contribution in [0.3, 0.4) is 0 Å². The van der Waals surface area contributed by atoms with Crippen molar-refractivity contribution in [2.75, 3.05) is 20.2 Å². The van der Waals surface area contributed by atoms with Gasteiger partial charge in [-0.3, -0.25) is 38.4 Å². The van der Waals surface area contributed by atoms with E-state index in [0.29, 0.717) is 6.42 Å². The number of aryl methyl sites for hydroxylation is 1. The van der Waals surface area contributed by atoms with E-state index in [9.17, 15) is 70.2 Å². The van der Waals surface area contributed by atoms with Crippen LogP contribution in [0.4, 0.5) is 0 Å². The molecule has 8 amide bonds. The minimum absolute atomic E-state index is 0.0612.